The SMILES string of the molecule is Cc1nnc(N/N=C/c2cc(C(C)(C)C)c(O)c(C(C)(C)C)c2)[nH]c1=O. The van der Waals surface area contributed by atoms with Crippen molar-refractivity contribution in [3.63, 3.8) is 0 Å². The highest BCUT2D eigenvalue weighted by molar-refractivity contribution is 5.82. The number of H-pyrrole nitrogens is 1. The minimum Gasteiger partial charge on any atom is -0.507 e. The molecule has 0 unspecified atom stereocenters. The van der Waals surface area contributed by atoms with E-state index in [-0.39, 0.29) is 22.3 Å². The summed E-state index contributed by atoms with van der Waals surface area (Å²) in [6.07, 6.45) is 1.63. The van der Waals surface area contributed by atoms with E-state index in [0.29, 0.717) is 11.4 Å². The first-order valence-corrected chi connectivity index (χ1v) is 8.50. The third-order valence-electron chi connectivity index (χ3n) is 3.99. The van der Waals surface area contributed by atoms with E-state index < -0.39 is 0 Å². The van der Waals surface area contributed by atoms with Crippen molar-refractivity contribution in [2.24, 2.45) is 5.10 Å². The molecule has 1 aromatic heterocycles. The van der Waals surface area contributed by atoms with E-state index in [1.54, 1.807) is 13.1 Å². The standard InChI is InChI=1S/C19H27N5O2/c1-11-16(26)21-17(24-22-11)23-20-10-12-8-13(18(2,3)4)15(25)14(9-12)19(5,6)7/h8-10,25H,1-7H3,(H2,21,23,24,26)/b20-10+. The van der Waals surface area contributed by atoms with Crippen LogP contribution in [0.1, 0.15) is 63.9 Å². The van der Waals surface area contributed by atoms with Gasteiger partial charge < -0.3 is 5.11 Å². The van der Waals surface area contributed by atoms with E-state index >= 15 is 0 Å². The van der Waals surface area contributed by atoms with Crippen LogP contribution in [0.5, 0.6) is 5.75 Å². The average Bonchev–Trinajstić information content (AvgIpc) is 2.50. The Bertz CT molecular complexity index is 851. The lowest BCUT2D eigenvalue weighted by atomic mass is 9.78. The summed E-state index contributed by atoms with van der Waals surface area (Å²) >= 11 is 0. The van der Waals surface area contributed by atoms with Crippen molar-refractivity contribution in [1.29, 1.82) is 0 Å². The first kappa shape index (κ1) is 19.6. The summed E-state index contributed by atoms with van der Waals surface area (Å²) in [6.45, 7) is 13.9. The number of benzene rings is 1. The molecule has 0 saturated heterocycles. The van der Waals surface area contributed by atoms with E-state index in [0.717, 1.165) is 16.7 Å². The van der Waals surface area contributed by atoms with Gasteiger partial charge in [0, 0.05) is 11.1 Å². The van der Waals surface area contributed by atoms with Crippen molar-refractivity contribution in [3.8, 4) is 5.75 Å². The monoisotopic (exact) mass is 357 g/mol. The smallest absolute Gasteiger partial charge is 0.274 e. The van der Waals surface area contributed by atoms with Gasteiger partial charge in [0.1, 0.15) is 11.4 Å². The maximum Gasteiger partial charge on any atom is 0.274 e. The van der Waals surface area contributed by atoms with Crippen molar-refractivity contribution >= 4 is 12.2 Å². The molecule has 0 spiro atoms. The molecule has 0 aliphatic carbocycles. The quantitative estimate of drug-likeness (QED) is 0.578. The lowest BCUT2D eigenvalue weighted by molar-refractivity contribution is 0.423. The number of aromatic amines is 1. The number of aromatic hydroxyl groups is 1. The molecule has 2 rings (SSSR count). The number of aromatic nitrogens is 3. The zero-order chi connectivity index (χ0) is 19.7. The fraction of sp³-hybridized carbons (Fsp3) is 0.474. The van der Waals surface area contributed by atoms with Gasteiger partial charge in [0.2, 0.25) is 5.95 Å². The van der Waals surface area contributed by atoms with Gasteiger partial charge in [0.25, 0.3) is 5.56 Å². The Kier molecular flexibility index (Phi) is 5.21. The lowest BCUT2D eigenvalue weighted by Gasteiger charge is -2.27. The first-order valence-electron chi connectivity index (χ1n) is 8.50. The van der Waals surface area contributed by atoms with Crippen molar-refractivity contribution in [1.82, 2.24) is 15.2 Å². The van der Waals surface area contributed by atoms with Crippen LogP contribution in [-0.4, -0.2) is 26.5 Å². The van der Waals surface area contributed by atoms with Crippen LogP contribution < -0.4 is 11.0 Å². The molecular weight excluding hydrogens is 330 g/mol. The normalized spacial score (nSPS) is 12.6. The number of nitrogens with zero attached hydrogens (tertiary/aromatic N) is 3. The molecule has 1 heterocycles. The van der Waals surface area contributed by atoms with Gasteiger partial charge in [-0.2, -0.15) is 5.10 Å². The number of phenolic OH excluding ortho intramolecular Hbond substituents is 1. The molecule has 0 aliphatic rings. The van der Waals surface area contributed by atoms with Gasteiger partial charge in [-0.25, -0.2) is 5.43 Å². The molecule has 0 amide bonds. The number of hydrogen-bond acceptors (Lipinski definition) is 6. The number of hydrazone groups is 1. The van der Waals surface area contributed by atoms with Crippen LogP contribution in [0.15, 0.2) is 22.0 Å². The van der Waals surface area contributed by atoms with Crippen molar-refractivity contribution in [2.75, 3.05) is 5.43 Å². The number of phenols is 1. The average molecular weight is 357 g/mol. The summed E-state index contributed by atoms with van der Waals surface area (Å²) in [4.78, 5) is 14.1. The summed E-state index contributed by atoms with van der Waals surface area (Å²) in [6, 6.07) is 3.83. The molecule has 1 aromatic carbocycles. The van der Waals surface area contributed by atoms with Gasteiger partial charge in [-0.3, -0.25) is 9.78 Å². The molecule has 2 aromatic rings. The van der Waals surface area contributed by atoms with E-state index in [1.807, 2.05) is 12.1 Å². The third-order valence-corrected chi connectivity index (χ3v) is 3.99. The van der Waals surface area contributed by atoms with Crippen LogP contribution in [0.2, 0.25) is 0 Å². The summed E-state index contributed by atoms with van der Waals surface area (Å²) < 4.78 is 0. The first-order chi connectivity index (χ1) is 11.9. The molecule has 0 bridgehead atoms. The second-order valence-corrected chi connectivity index (χ2v) is 8.42. The van der Waals surface area contributed by atoms with Crippen LogP contribution in [-0.2, 0) is 10.8 Å². The highest BCUT2D eigenvalue weighted by atomic mass is 16.3. The minimum absolute atomic E-state index is 0.169. The Balaban J connectivity index is 2.39. The Labute approximate surface area is 153 Å². The Hall–Kier alpha value is -2.70. The Morgan fingerprint density at radius 3 is 2.08 bits per heavy atom. The van der Waals surface area contributed by atoms with Crippen LogP contribution in [0, 0.1) is 6.92 Å². The van der Waals surface area contributed by atoms with Gasteiger partial charge >= 0.3 is 0 Å². The highest BCUT2D eigenvalue weighted by Gasteiger charge is 2.26. The van der Waals surface area contributed by atoms with Gasteiger partial charge in [-0.15, -0.1) is 10.2 Å². The van der Waals surface area contributed by atoms with Crippen LogP contribution >= 0.6 is 0 Å². The highest BCUT2D eigenvalue weighted by Crippen LogP contribution is 2.39. The molecule has 140 valence electrons. The number of hydrogen-bond donors (Lipinski definition) is 3. The molecule has 0 aliphatic heterocycles. The van der Waals surface area contributed by atoms with Gasteiger partial charge in [-0.05, 0) is 35.4 Å². The second-order valence-electron chi connectivity index (χ2n) is 8.42. The summed E-state index contributed by atoms with van der Waals surface area (Å²) in [5.74, 6) is 0.492. The lowest BCUT2D eigenvalue weighted by Crippen LogP contribution is -2.18. The summed E-state index contributed by atoms with van der Waals surface area (Å²) in [7, 11) is 0. The van der Waals surface area contributed by atoms with E-state index in [9.17, 15) is 9.90 Å². The van der Waals surface area contributed by atoms with Crippen molar-refractivity contribution in [2.45, 2.75) is 59.3 Å². The maximum absolute atomic E-state index is 11.5. The number of rotatable bonds is 3. The number of aryl methyl sites for hydroxylation is 1. The van der Waals surface area contributed by atoms with Crippen LogP contribution in [0.4, 0.5) is 5.95 Å². The van der Waals surface area contributed by atoms with Crippen molar-refractivity contribution in [3.05, 3.63) is 44.9 Å². The molecule has 7 heteroatoms. The third kappa shape index (κ3) is 4.47. The molecule has 0 fully saturated rings. The molecule has 0 radical (unpaired) electrons. The molecule has 3 N–H and O–H groups in total. The minimum atomic E-state index is -0.313. The zero-order valence-electron chi connectivity index (χ0n) is 16.4. The van der Waals surface area contributed by atoms with Crippen LogP contribution in [0.3, 0.4) is 0 Å². The fourth-order valence-corrected chi connectivity index (χ4v) is 2.49. The maximum atomic E-state index is 11.5. The molecule has 0 atom stereocenters. The molecule has 26 heavy (non-hydrogen) atoms. The summed E-state index contributed by atoms with van der Waals surface area (Å²) in [5.41, 5.74) is 4.78. The molecule has 0 saturated carbocycles. The van der Waals surface area contributed by atoms with Gasteiger partial charge in [0.15, 0.2) is 0 Å². The summed E-state index contributed by atoms with van der Waals surface area (Å²) in [5, 5.41) is 22.4. The van der Waals surface area contributed by atoms with E-state index in [4.69, 9.17) is 0 Å². The topological polar surface area (TPSA) is 103 Å². The van der Waals surface area contributed by atoms with E-state index in [2.05, 4.69) is 67.3 Å². The van der Waals surface area contributed by atoms with Gasteiger partial charge in [-0.1, -0.05) is 41.5 Å². The molecular formula is C19H27N5O2. The Morgan fingerprint density at radius 2 is 1.62 bits per heavy atom. The largest absolute Gasteiger partial charge is 0.507 e. The predicted molar refractivity (Wildman–Crippen MR) is 104 cm³/mol. The van der Waals surface area contributed by atoms with Crippen molar-refractivity contribution < 1.29 is 5.11 Å². The Morgan fingerprint density at radius 1 is 1.08 bits per heavy atom. The van der Waals surface area contributed by atoms with Gasteiger partial charge in [0.05, 0.1) is 6.21 Å². The number of anilines is 1. The number of nitrogens with one attached hydrogen (secondary N) is 2. The van der Waals surface area contributed by atoms with E-state index in [1.165, 1.54) is 0 Å². The van der Waals surface area contributed by atoms with Crippen LogP contribution in [0.25, 0.3) is 0 Å². The second kappa shape index (κ2) is 6.90. The predicted octanol–water partition coefficient (Wildman–Crippen LogP) is 3.22. The molecule has 7 nitrogen and oxygen atoms in total. The zero-order valence-corrected chi connectivity index (χ0v) is 16.4. The fourth-order valence-electron chi connectivity index (χ4n) is 2.49.